The molecule has 0 bridgehead atoms. The van der Waals surface area contributed by atoms with Crippen LogP contribution in [0.4, 0.5) is 14.5 Å². The number of amides is 1. The molecule has 0 unspecified atom stereocenters. The van der Waals surface area contributed by atoms with Crippen molar-refractivity contribution < 1.29 is 13.6 Å². The smallest absolute Gasteiger partial charge is 0.267 e. The van der Waals surface area contributed by atoms with Gasteiger partial charge in [-0.3, -0.25) is 9.78 Å². The molecular weight excluding hydrogens is 230 g/mol. The molecule has 0 fully saturated rings. The molecule has 0 atom stereocenters. The zero-order valence-electron chi connectivity index (χ0n) is 9.14. The van der Waals surface area contributed by atoms with Crippen LogP contribution >= 0.6 is 0 Å². The Morgan fingerprint density at radius 2 is 2.24 bits per heavy atom. The van der Waals surface area contributed by atoms with E-state index in [9.17, 15) is 13.6 Å². The summed E-state index contributed by atoms with van der Waals surface area (Å²) in [5.74, 6) is -0.698. The Bertz CT molecular complexity index is 386. The van der Waals surface area contributed by atoms with Gasteiger partial charge in [-0.15, -0.1) is 0 Å². The molecule has 1 heterocycles. The first-order valence-corrected chi connectivity index (χ1v) is 5.03. The van der Waals surface area contributed by atoms with Crippen LogP contribution in [0.5, 0.6) is 0 Å². The van der Waals surface area contributed by atoms with Gasteiger partial charge in [-0.05, 0) is 12.1 Å². The molecule has 0 aliphatic carbocycles. The number of hydrogen-bond donors (Lipinski definition) is 2. The first-order valence-electron chi connectivity index (χ1n) is 5.03. The summed E-state index contributed by atoms with van der Waals surface area (Å²) in [7, 11) is 0. The van der Waals surface area contributed by atoms with Gasteiger partial charge in [0.25, 0.3) is 12.3 Å². The molecule has 0 aliphatic heterocycles. The first-order chi connectivity index (χ1) is 8.04. The molecular formula is C10H14F2N4O. The Kier molecular flexibility index (Phi) is 4.77. The molecule has 0 aliphatic rings. The standard InChI is InChI=1S/C10H14F2N4O/c11-9(12)6-16(4-2-13)7-1-3-15-8(5-7)10(14)17/h1,3,5,9H,2,4,6,13H2,(H2,14,17). The van der Waals surface area contributed by atoms with Gasteiger partial charge < -0.3 is 16.4 Å². The Morgan fingerprint density at radius 1 is 1.53 bits per heavy atom. The van der Waals surface area contributed by atoms with Crippen molar-refractivity contribution in [2.24, 2.45) is 11.5 Å². The van der Waals surface area contributed by atoms with Crippen molar-refractivity contribution in [3.63, 3.8) is 0 Å². The van der Waals surface area contributed by atoms with Crippen molar-refractivity contribution in [3.8, 4) is 0 Å². The summed E-state index contributed by atoms with van der Waals surface area (Å²) < 4.78 is 24.7. The van der Waals surface area contributed by atoms with E-state index in [1.165, 1.54) is 23.2 Å². The molecule has 5 nitrogen and oxygen atoms in total. The quantitative estimate of drug-likeness (QED) is 0.749. The van der Waals surface area contributed by atoms with E-state index in [0.717, 1.165) is 0 Å². The largest absolute Gasteiger partial charge is 0.364 e. The second kappa shape index (κ2) is 6.09. The van der Waals surface area contributed by atoms with Crippen LogP contribution in [0.25, 0.3) is 0 Å². The lowest BCUT2D eigenvalue weighted by Crippen LogP contribution is -2.33. The highest BCUT2D eigenvalue weighted by Crippen LogP contribution is 2.15. The van der Waals surface area contributed by atoms with Crippen LogP contribution in [-0.2, 0) is 0 Å². The van der Waals surface area contributed by atoms with Gasteiger partial charge >= 0.3 is 0 Å². The number of rotatable bonds is 6. The minimum absolute atomic E-state index is 0.0405. The highest BCUT2D eigenvalue weighted by molar-refractivity contribution is 5.91. The number of nitrogens with zero attached hydrogens (tertiary/aromatic N) is 2. The van der Waals surface area contributed by atoms with E-state index in [2.05, 4.69) is 4.98 Å². The molecule has 1 rings (SSSR count). The minimum atomic E-state index is -2.48. The van der Waals surface area contributed by atoms with E-state index in [1.54, 1.807) is 0 Å². The average Bonchev–Trinajstić information content (AvgIpc) is 2.28. The summed E-state index contributed by atoms with van der Waals surface area (Å²) in [4.78, 5) is 16.1. The van der Waals surface area contributed by atoms with Crippen LogP contribution in [0.15, 0.2) is 18.3 Å². The number of primary amides is 1. The molecule has 4 N–H and O–H groups in total. The van der Waals surface area contributed by atoms with Gasteiger partial charge in [0.1, 0.15) is 5.69 Å². The molecule has 0 saturated heterocycles. The molecule has 0 radical (unpaired) electrons. The highest BCUT2D eigenvalue weighted by Gasteiger charge is 2.13. The van der Waals surface area contributed by atoms with Crippen LogP contribution in [-0.4, -0.2) is 37.0 Å². The lowest BCUT2D eigenvalue weighted by atomic mass is 10.2. The third-order valence-corrected chi connectivity index (χ3v) is 2.12. The maximum Gasteiger partial charge on any atom is 0.267 e. The number of anilines is 1. The van der Waals surface area contributed by atoms with Gasteiger partial charge in [0.05, 0.1) is 6.54 Å². The van der Waals surface area contributed by atoms with Gasteiger partial charge in [-0.2, -0.15) is 0 Å². The molecule has 17 heavy (non-hydrogen) atoms. The van der Waals surface area contributed by atoms with E-state index < -0.39 is 18.9 Å². The lowest BCUT2D eigenvalue weighted by molar-refractivity contribution is 0.0995. The second-order valence-electron chi connectivity index (χ2n) is 3.39. The SMILES string of the molecule is NCCN(CC(F)F)c1ccnc(C(N)=O)c1. The first kappa shape index (κ1) is 13.3. The van der Waals surface area contributed by atoms with Crippen molar-refractivity contribution in [3.05, 3.63) is 24.0 Å². The molecule has 0 spiro atoms. The zero-order valence-corrected chi connectivity index (χ0v) is 9.14. The summed E-state index contributed by atoms with van der Waals surface area (Å²) in [6, 6.07) is 2.91. The van der Waals surface area contributed by atoms with Gasteiger partial charge in [0.15, 0.2) is 0 Å². The number of pyridine rings is 1. The summed E-state index contributed by atoms with van der Waals surface area (Å²) in [5, 5.41) is 0. The van der Waals surface area contributed by atoms with E-state index in [-0.39, 0.29) is 18.8 Å². The molecule has 1 aromatic rings. The third-order valence-electron chi connectivity index (χ3n) is 2.12. The molecule has 94 valence electrons. The average molecular weight is 244 g/mol. The Labute approximate surface area is 97.4 Å². The van der Waals surface area contributed by atoms with Crippen molar-refractivity contribution in [2.45, 2.75) is 6.43 Å². The fraction of sp³-hybridized carbons (Fsp3) is 0.400. The molecule has 1 amide bonds. The van der Waals surface area contributed by atoms with Gasteiger partial charge in [-0.25, -0.2) is 8.78 Å². The number of carbonyl (C=O) groups is 1. The Morgan fingerprint density at radius 3 is 2.76 bits per heavy atom. The normalized spacial score (nSPS) is 10.6. The number of halogens is 2. The number of nitrogens with two attached hydrogens (primary N) is 2. The Balaban J connectivity index is 2.92. The van der Waals surface area contributed by atoms with Crippen molar-refractivity contribution >= 4 is 11.6 Å². The fourth-order valence-electron chi connectivity index (χ4n) is 1.40. The van der Waals surface area contributed by atoms with Crippen LogP contribution in [0, 0.1) is 0 Å². The van der Waals surface area contributed by atoms with E-state index in [0.29, 0.717) is 5.69 Å². The minimum Gasteiger partial charge on any atom is -0.364 e. The lowest BCUT2D eigenvalue weighted by Gasteiger charge is -2.23. The maximum atomic E-state index is 12.4. The predicted octanol–water partition coefficient (Wildman–Crippen LogP) is 0.211. The van der Waals surface area contributed by atoms with Crippen molar-refractivity contribution in [1.82, 2.24) is 4.98 Å². The monoisotopic (exact) mass is 244 g/mol. The zero-order chi connectivity index (χ0) is 12.8. The Hall–Kier alpha value is -1.76. The predicted molar refractivity (Wildman–Crippen MR) is 60.0 cm³/mol. The summed E-state index contributed by atoms with van der Waals surface area (Å²) in [6.45, 7) is 0.0624. The van der Waals surface area contributed by atoms with Crippen LogP contribution < -0.4 is 16.4 Å². The van der Waals surface area contributed by atoms with E-state index in [1.807, 2.05) is 0 Å². The van der Waals surface area contributed by atoms with Crippen molar-refractivity contribution in [2.75, 3.05) is 24.5 Å². The van der Waals surface area contributed by atoms with Crippen LogP contribution in [0.2, 0.25) is 0 Å². The van der Waals surface area contributed by atoms with Crippen LogP contribution in [0.1, 0.15) is 10.5 Å². The number of carbonyl (C=O) groups excluding carboxylic acids is 1. The van der Waals surface area contributed by atoms with Crippen LogP contribution in [0.3, 0.4) is 0 Å². The summed E-state index contributed by atoms with van der Waals surface area (Å²) >= 11 is 0. The van der Waals surface area contributed by atoms with Crippen molar-refractivity contribution in [1.29, 1.82) is 0 Å². The number of hydrogen-bond acceptors (Lipinski definition) is 4. The molecule has 7 heteroatoms. The van der Waals surface area contributed by atoms with Gasteiger partial charge in [0.2, 0.25) is 0 Å². The number of alkyl halides is 2. The topological polar surface area (TPSA) is 85.2 Å². The maximum absolute atomic E-state index is 12.4. The molecule has 1 aromatic heterocycles. The van der Waals surface area contributed by atoms with E-state index >= 15 is 0 Å². The van der Waals surface area contributed by atoms with Gasteiger partial charge in [-0.1, -0.05) is 0 Å². The molecule has 0 aromatic carbocycles. The molecule has 0 saturated carbocycles. The highest BCUT2D eigenvalue weighted by atomic mass is 19.3. The fourth-order valence-corrected chi connectivity index (χ4v) is 1.40. The summed E-state index contributed by atoms with van der Waals surface area (Å²) in [5.41, 5.74) is 10.9. The van der Waals surface area contributed by atoms with Gasteiger partial charge in [0, 0.05) is 25.0 Å². The number of aromatic nitrogens is 1. The second-order valence-corrected chi connectivity index (χ2v) is 3.39. The van der Waals surface area contributed by atoms with E-state index in [4.69, 9.17) is 11.5 Å². The third kappa shape index (κ3) is 3.95. The summed E-state index contributed by atoms with van der Waals surface area (Å²) in [6.07, 6.45) is -1.13.